The highest BCUT2D eigenvalue weighted by Gasteiger charge is 2.06. The van der Waals surface area contributed by atoms with Crippen LogP contribution in [0.4, 0.5) is 0 Å². The summed E-state index contributed by atoms with van der Waals surface area (Å²) >= 11 is 0. The lowest BCUT2D eigenvalue weighted by atomic mass is 10.2. The van der Waals surface area contributed by atoms with Gasteiger partial charge in [-0.15, -0.1) is 0 Å². The van der Waals surface area contributed by atoms with Gasteiger partial charge in [0.25, 0.3) is 0 Å². The van der Waals surface area contributed by atoms with Gasteiger partial charge >= 0.3 is 0 Å². The highest BCUT2D eigenvalue weighted by molar-refractivity contribution is 5.87. The molecule has 0 bridgehead atoms. The molecule has 66 valence electrons. The molecule has 13 heavy (non-hydrogen) atoms. The Kier molecular flexibility index (Phi) is 1.75. The van der Waals surface area contributed by atoms with Crippen LogP contribution in [0, 0.1) is 0 Å². The lowest BCUT2D eigenvalue weighted by Crippen LogP contribution is -2.02. The van der Waals surface area contributed by atoms with Crippen LogP contribution < -0.4 is 10.7 Å². The minimum Gasteiger partial charge on any atom is -0.504 e. The number of nitrogens with two attached hydrogens (primary N) is 1. The number of phenolic OH excluding ortho intramolecular Hbond substituents is 1. The van der Waals surface area contributed by atoms with Crippen molar-refractivity contribution in [2.75, 3.05) is 0 Å². The van der Waals surface area contributed by atoms with Gasteiger partial charge in [0.1, 0.15) is 0 Å². The lowest BCUT2D eigenvalue weighted by Gasteiger charge is -2.04. The van der Waals surface area contributed by atoms with Gasteiger partial charge in [0.2, 0.25) is 0 Å². The smallest absolute Gasteiger partial charge is 0.197 e. The van der Waals surface area contributed by atoms with Crippen LogP contribution in [0.15, 0.2) is 30.5 Å². The van der Waals surface area contributed by atoms with Crippen molar-refractivity contribution in [2.24, 2.45) is 5.90 Å². The van der Waals surface area contributed by atoms with Crippen LogP contribution in [0.25, 0.3) is 10.9 Å². The summed E-state index contributed by atoms with van der Waals surface area (Å²) in [4.78, 5) is 8.65. The zero-order valence-corrected chi connectivity index (χ0v) is 6.77. The normalized spacial score (nSPS) is 10.2. The first-order valence-corrected chi connectivity index (χ1v) is 3.76. The number of aromatic nitrogens is 1. The second-order valence-corrected chi connectivity index (χ2v) is 2.60. The number of fused-ring (bicyclic) bond motifs is 1. The summed E-state index contributed by atoms with van der Waals surface area (Å²) in [5.41, 5.74) is 0.737. The predicted molar refractivity (Wildman–Crippen MR) is 48.2 cm³/mol. The molecule has 0 atom stereocenters. The Hall–Kier alpha value is -1.81. The van der Waals surface area contributed by atoms with Gasteiger partial charge in [-0.3, -0.25) is 4.98 Å². The van der Waals surface area contributed by atoms with E-state index in [1.54, 1.807) is 24.4 Å². The van der Waals surface area contributed by atoms with Crippen LogP contribution in [-0.4, -0.2) is 10.1 Å². The zero-order chi connectivity index (χ0) is 9.26. The molecule has 1 aromatic carbocycles. The van der Waals surface area contributed by atoms with Crippen LogP contribution in [0.5, 0.6) is 11.5 Å². The first-order valence-electron chi connectivity index (χ1n) is 3.76. The summed E-state index contributed by atoms with van der Waals surface area (Å²) in [5.74, 6) is 5.30. The molecule has 0 radical (unpaired) electrons. The molecule has 0 saturated carbocycles. The van der Waals surface area contributed by atoms with Crippen LogP contribution >= 0.6 is 0 Å². The Labute approximate surface area is 74.5 Å². The summed E-state index contributed by atoms with van der Waals surface area (Å²) in [6.45, 7) is 0. The van der Waals surface area contributed by atoms with Crippen LogP contribution in [0.2, 0.25) is 0 Å². The minimum absolute atomic E-state index is 0.0167. The van der Waals surface area contributed by atoms with E-state index in [-0.39, 0.29) is 11.5 Å². The molecular formula is C9H8N2O2. The average molecular weight is 176 g/mol. The van der Waals surface area contributed by atoms with Crippen molar-refractivity contribution in [2.45, 2.75) is 0 Å². The quantitative estimate of drug-likeness (QED) is 0.640. The second kappa shape index (κ2) is 2.91. The Balaban J connectivity index is 2.84. The molecule has 2 aromatic rings. The van der Waals surface area contributed by atoms with E-state index in [0.717, 1.165) is 5.52 Å². The summed E-state index contributed by atoms with van der Waals surface area (Å²) in [6, 6.07) is 6.74. The molecule has 0 spiro atoms. The number of benzene rings is 1. The number of pyridine rings is 1. The third kappa shape index (κ3) is 1.17. The lowest BCUT2D eigenvalue weighted by molar-refractivity contribution is 0.317. The number of phenols is 1. The predicted octanol–water partition coefficient (Wildman–Crippen LogP) is 1.19. The van der Waals surface area contributed by atoms with E-state index in [1.807, 2.05) is 0 Å². The van der Waals surface area contributed by atoms with Crippen LogP contribution in [-0.2, 0) is 0 Å². The van der Waals surface area contributed by atoms with Gasteiger partial charge in [0.15, 0.2) is 11.5 Å². The fourth-order valence-corrected chi connectivity index (χ4v) is 1.24. The third-order valence-electron chi connectivity index (χ3n) is 1.83. The standard InChI is InChI=1S/C9H8N2O2/c10-13-9-6-2-1-5-11-7(6)3-4-8(9)12/h1-5,12H,10H2. The third-order valence-corrected chi connectivity index (χ3v) is 1.83. The molecule has 0 amide bonds. The molecule has 0 saturated heterocycles. The van der Waals surface area contributed by atoms with Crippen molar-refractivity contribution in [3.8, 4) is 11.5 Å². The molecule has 3 N–H and O–H groups in total. The summed E-state index contributed by atoms with van der Waals surface area (Å²) < 4.78 is 0. The number of rotatable bonds is 1. The summed E-state index contributed by atoms with van der Waals surface area (Å²) in [5, 5.41) is 10.1. The highest BCUT2D eigenvalue weighted by Crippen LogP contribution is 2.32. The fraction of sp³-hybridized carbons (Fsp3) is 0. The number of hydrogen-bond donors (Lipinski definition) is 2. The first kappa shape index (κ1) is 7.82. The molecule has 4 nitrogen and oxygen atoms in total. The molecule has 1 heterocycles. The topological polar surface area (TPSA) is 68.4 Å². The highest BCUT2D eigenvalue weighted by atomic mass is 16.6. The molecule has 0 aliphatic heterocycles. The van der Waals surface area contributed by atoms with E-state index in [0.29, 0.717) is 5.39 Å². The maximum atomic E-state index is 9.38. The Morgan fingerprint density at radius 2 is 2.15 bits per heavy atom. The summed E-state index contributed by atoms with van der Waals surface area (Å²) in [7, 11) is 0. The summed E-state index contributed by atoms with van der Waals surface area (Å²) in [6.07, 6.45) is 1.67. The van der Waals surface area contributed by atoms with Gasteiger partial charge in [0.05, 0.1) is 5.52 Å². The number of aromatic hydroxyl groups is 1. The maximum Gasteiger partial charge on any atom is 0.197 e. The monoisotopic (exact) mass is 176 g/mol. The van der Waals surface area contributed by atoms with Crippen molar-refractivity contribution in [1.29, 1.82) is 0 Å². The Bertz CT molecular complexity index is 443. The van der Waals surface area contributed by atoms with E-state index >= 15 is 0 Å². The second-order valence-electron chi connectivity index (χ2n) is 2.60. The van der Waals surface area contributed by atoms with Gasteiger partial charge in [0, 0.05) is 11.6 Å². The zero-order valence-electron chi connectivity index (χ0n) is 6.77. The van der Waals surface area contributed by atoms with E-state index in [4.69, 9.17) is 5.90 Å². The van der Waals surface area contributed by atoms with Crippen molar-refractivity contribution in [3.63, 3.8) is 0 Å². The Morgan fingerprint density at radius 3 is 2.92 bits per heavy atom. The minimum atomic E-state index is 0.0167. The van der Waals surface area contributed by atoms with Crippen molar-refractivity contribution >= 4 is 10.9 Å². The largest absolute Gasteiger partial charge is 0.504 e. The molecule has 1 aromatic heterocycles. The van der Waals surface area contributed by atoms with Crippen molar-refractivity contribution < 1.29 is 9.94 Å². The van der Waals surface area contributed by atoms with Gasteiger partial charge in [-0.05, 0) is 24.3 Å². The van der Waals surface area contributed by atoms with Gasteiger partial charge in [-0.2, -0.15) is 5.90 Å². The van der Waals surface area contributed by atoms with Crippen molar-refractivity contribution in [3.05, 3.63) is 30.5 Å². The Morgan fingerprint density at radius 1 is 1.31 bits per heavy atom. The van der Waals surface area contributed by atoms with E-state index in [1.165, 1.54) is 6.07 Å². The SMILES string of the molecule is NOc1c(O)ccc2ncccc12. The van der Waals surface area contributed by atoms with E-state index < -0.39 is 0 Å². The van der Waals surface area contributed by atoms with Gasteiger partial charge in [-0.1, -0.05) is 0 Å². The van der Waals surface area contributed by atoms with E-state index in [2.05, 4.69) is 9.82 Å². The molecule has 0 aliphatic rings. The molecule has 0 aliphatic carbocycles. The number of hydrogen-bond acceptors (Lipinski definition) is 4. The average Bonchev–Trinajstić information content (AvgIpc) is 2.18. The maximum absolute atomic E-state index is 9.38. The first-order chi connectivity index (χ1) is 6.33. The molecule has 0 unspecified atom stereocenters. The molecular weight excluding hydrogens is 168 g/mol. The van der Waals surface area contributed by atoms with Crippen LogP contribution in [0.3, 0.4) is 0 Å². The number of nitrogens with zero attached hydrogens (tertiary/aromatic N) is 1. The molecule has 2 rings (SSSR count). The fourth-order valence-electron chi connectivity index (χ4n) is 1.24. The van der Waals surface area contributed by atoms with Crippen molar-refractivity contribution in [1.82, 2.24) is 4.98 Å². The van der Waals surface area contributed by atoms with Gasteiger partial charge in [-0.25, -0.2) is 0 Å². The van der Waals surface area contributed by atoms with E-state index in [9.17, 15) is 5.11 Å². The molecule has 0 fully saturated rings. The molecule has 4 heteroatoms. The van der Waals surface area contributed by atoms with Gasteiger partial charge < -0.3 is 9.94 Å². The van der Waals surface area contributed by atoms with Crippen LogP contribution in [0.1, 0.15) is 0 Å².